The van der Waals surface area contributed by atoms with Crippen LogP contribution in [0.3, 0.4) is 0 Å². The second kappa shape index (κ2) is 4.76. The van der Waals surface area contributed by atoms with Gasteiger partial charge in [-0.2, -0.15) is 13.2 Å². The Morgan fingerprint density at radius 1 is 1.12 bits per heavy atom. The summed E-state index contributed by atoms with van der Waals surface area (Å²) in [6, 6.07) is 0. The SMILES string of the molecule is OC1CC(OCC(F)(F)F)C12CCCCCC2. The lowest BCUT2D eigenvalue weighted by molar-refractivity contribution is -0.247. The van der Waals surface area contributed by atoms with Crippen molar-refractivity contribution in [3.63, 3.8) is 0 Å². The highest BCUT2D eigenvalue weighted by atomic mass is 19.4. The number of aliphatic hydroxyl groups is 1. The van der Waals surface area contributed by atoms with E-state index in [1.54, 1.807) is 0 Å². The highest BCUT2D eigenvalue weighted by Crippen LogP contribution is 2.52. The number of rotatable bonds is 2. The van der Waals surface area contributed by atoms with E-state index < -0.39 is 25.0 Å². The normalized spacial score (nSPS) is 33.2. The van der Waals surface area contributed by atoms with E-state index >= 15 is 0 Å². The minimum atomic E-state index is -4.27. The molecular formula is C12H19F3O2. The molecule has 2 aliphatic rings. The zero-order valence-corrected chi connectivity index (χ0v) is 9.80. The molecule has 100 valence electrons. The lowest BCUT2D eigenvalue weighted by Crippen LogP contribution is -2.58. The van der Waals surface area contributed by atoms with Gasteiger partial charge in [-0.25, -0.2) is 0 Å². The Labute approximate surface area is 99.1 Å². The average Bonchev–Trinajstić information content (AvgIpc) is 2.49. The molecular weight excluding hydrogens is 233 g/mol. The van der Waals surface area contributed by atoms with Gasteiger partial charge < -0.3 is 9.84 Å². The Hall–Kier alpha value is -0.290. The summed E-state index contributed by atoms with van der Waals surface area (Å²) in [5, 5.41) is 9.89. The molecule has 2 rings (SSSR count). The monoisotopic (exact) mass is 252 g/mol. The van der Waals surface area contributed by atoms with Gasteiger partial charge in [-0.1, -0.05) is 25.7 Å². The molecule has 17 heavy (non-hydrogen) atoms. The van der Waals surface area contributed by atoms with E-state index in [1.165, 1.54) is 0 Å². The molecule has 0 bridgehead atoms. The fourth-order valence-corrected chi connectivity index (χ4v) is 3.20. The summed E-state index contributed by atoms with van der Waals surface area (Å²) in [6.07, 6.45) is 1.01. The summed E-state index contributed by atoms with van der Waals surface area (Å²) in [7, 11) is 0. The first-order chi connectivity index (χ1) is 7.94. The molecule has 5 heteroatoms. The van der Waals surface area contributed by atoms with Crippen molar-refractivity contribution < 1.29 is 23.0 Å². The summed E-state index contributed by atoms with van der Waals surface area (Å²) >= 11 is 0. The van der Waals surface area contributed by atoms with Crippen molar-refractivity contribution >= 4 is 0 Å². The maximum Gasteiger partial charge on any atom is 0.411 e. The van der Waals surface area contributed by atoms with Crippen LogP contribution < -0.4 is 0 Å². The lowest BCUT2D eigenvalue weighted by atomic mass is 9.59. The third-order valence-corrected chi connectivity index (χ3v) is 4.22. The van der Waals surface area contributed by atoms with Crippen LogP contribution in [0.1, 0.15) is 44.9 Å². The quantitative estimate of drug-likeness (QED) is 0.818. The minimum Gasteiger partial charge on any atom is -0.392 e. The second-order valence-electron chi connectivity index (χ2n) is 5.31. The number of ether oxygens (including phenoxy) is 1. The van der Waals surface area contributed by atoms with Gasteiger partial charge in [0.2, 0.25) is 0 Å². The van der Waals surface area contributed by atoms with E-state index in [0.29, 0.717) is 6.42 Å². The molecule has 0 heterocycles. The van der Waals surface area contributed by atoms with Crippen molar-refractivity contribution in [3.8, 4) is 0 Å². The summed E-state index contributed by atoms with van der Waals surface area (Å²) < 4.78 is 41.3. The van der Waals surface area contributed by atoms with Gasteiger partial charge in [0.05, 0.1) is 12.2 Å². The largest absolute Gasteiger partial charge is 0.411 e. The Bertz CT molecular complexity index is 257. The smallest absolute Gasteiger partial charge is 0.392 e. The van der Waals surface area contributed by atoms with Crippen molar-refractivity contribution in [2.24, 2.45) is 5.41 Å². The third kappa shape index (κ3) is 2.76. The molecule has 0 amide bonds. The molecule has 2 unspecified atom stereocenters. The molecule has 0 saturated heterocycles. The first-order valence-electron chi connectivity index (χ1n) is 6.30. The molecule has 2 saturated carbocycles. The molecule has 0 aromatic carbocycles. The molecule has 0 aromatic heterocycles. The van der Waals surface area contributed by atoms with Crippen LogP contribution in [0.5, 0.6) is 0 Å². The lowest BCUT2D eigenvalue weighted by Gasteiger charge is -2.53. The van der Waals surface area contributed by atoms with Crippen molar-refractivity contribution in [1.29, 1.82) is 0 Å². The first kappa shape index (κ1) is 13.1. The van der Waals surface area contributed by atoms with Crippen LogP contribution in [0.25, 0.3) is 0 Å². The molecule has 0 aromatic rings. The van der Waals surface area contributed by atoms with Gasteiger partial charge in [0, 0.05) is 11.8 Å². The molecule has 2 aliphatic carbocycles. The molecule has 1 N–H and O–H groups in total. The summed E-state index contributed by atoms with van der Waals surface area (Å²) in [5.41, 5.74) is -0.387. The Balaban J connectivity index is 1.94. The average molecular weight is 252 g/mol. The van der Waals surface area contributed by atoms with Crippen LogP contribution in [0, 0.1) is 5.41 Å². The van der Waals surface area contributed by atoms with Gasteiger partial charge in [0.15, 0.2) is 0 Å². The van der Waals surface area contributed by atoms with Gasteiger partial charge in [0.25, 0.3) is 0 Å². The van der Waals surface area contributed by atoms with Crippen LogP contribution in [0.15, 0.2) is 0 Å². The van der Waals surface area contributed by atoms with Crippen LogP contribution in [-0.4, -0.2) is 30.1 Å². The maximum absolute atomic E-state index is 12.1. The molecule has 1 spiro atoms. The minimum absolute atomic E-state index is 0.357. The molecule has 0 aliphatic heterocycles. The van der Waals surface area contributed by atoms with Crippen LogP contribution in [0.4, 0.5) is 13.2 Å². The first-order valence-corrected chi connectivity index (χ1v) is 6.30. The fraction of sp³-hybridized carbons (Fsp3) is 1.00. The van der Waals surface area contributed by atoms with Crippen molar-refractivity contribution in [1.82, 2.24) is 0 Å². The summed E-state index contributed by atoms with van der Waals surface area (Å²) in [5.74, 6) is 0. The zero-order valence-electron chi connectivity index (χ0n) is 9.80. The van der Waals surface area contributed by atoms with E-state index in [2.05, 4.69) is 0 Å². The van der Waals surface area contributed by atoms with E-state index in [0.717, 1.165) is 38.5 Å². The van der Waals surface area contributed by atoms with E-state index in [1.807, 2.05) is 0 Å². The molecule has 0 radical (unpaired) electrons. The van der Waals surface area contributed by atoms with E-state index in [9.17, 15) is 18.3 Å². The third-order valence-electron chi connectivity index (χ3n) is 4.22. The predicted octanol–water partition coefficient (Wildman–Crippen LogP) is 3.04. The van der Waals surface area contributed by atoms with Gasteiger partial charge in [-0.15, -0.1) is 0 Å². The van der Waals surface area contributed by atoms with Gasteiger partial charge in [0.1, 0.15) is 6.61 Å². The molecule has 2 fully saturated rings. The van der Waals surface area contributed by atoms with Crippen molar-refractivity contribution in [2.75, 3.05) is 6.61 Å². The van der Waals surface area contributed by atoms with Crippen molar-refractivity contribution in [3.05, 3.63) is 0 Å². The number of hydrogen-bond donors (Lipinski definition) is 1. The van der Waals surface area contributed by atoms with E-state index in [-0.39, 0.29) is 5.41 Å². The Morgan fingerprint density at radius 2 is 1.71 bits per heavy atom. The highest BCUT2D eigenvalue weighted by molar-refractivity contribution is 5.04. The van der Waals surface area contributed by atoms with Gasteiger partial charge in [-0.3, -0.25) is 0 Å². The maximum atomic E-state index is 12.1. The number of alkyl halides is 3. The summed E-state index contributed by atoms with van der Waals surface area (Å²) in [6.45, 7) is -1.19. The van der Waals surface area contributed by atoms with Crippen molar-refractivity contribution in [2.45, 2.75) is 63.3 Å². The standard InChI is InChI=1S/C12H19F3O2/c13-12(14,15)8-17-10-7-9(16)11(10)5-3-1-2-4-6-11/h9-10,16H,1-8H2. The fourth-order valence-electron chi connectivity index (χ4n) is 3.20. The van der Waals surface area contributed by atoms with Crippen LogP contribution >= 0.6 is 0 Å². The summed E-state index contributed by atoms with van der Waals surface area (Å²) in [4.78, 5) is 0. The number of hydrogen-bond acceptors (Lipinski definition) is 2. The Morgan fingerprint density at radius 3 is 2.18 bits per heavy atom. The number of aliphatic hydroxyl groups excluding tert-OH is 1. The number of halogens is 3. The predicted molar refractivity (Wildman–Crippen MR) is 56.6 cm³/mol. The molecule has 2 atom stereocenters. The van der Waals surface area contributed by atoms with Crippen LogP contribution in [-0.2, 0) is 4.74 Å². The van der Waals surface area contributed by atoms with Gasteiger partial charge >= 0.3 is 6.18 Å². The molecule has 2 nitrogen and oxygen atoms in total. The topological polar surface area (TPSA) is 29.5 Å². The zero-order chi connectivity index (χ0) is 12.5. The van der Waals surface area contributed by atoms with Gasteiger partial charge in [-0.05, 0) is 12.8 Å². The van der Waals surface area contributed by atoms with Crippen LogP contribution in [0.2, 0.25) is 0 Å². The Kier molecular flexibility index (Phi) is 3.69. The van der Waals surface area contributed by atoms with E-state index in [4.69, 9.17) is 4.74 Å². The highest BCUT2D eigenvalue weighted by Gasteiger charge is 2.55. The second-order valence-corrected chi connectivity index (χ2v) is 5.31.